The number of nitrogens with zero attached hydrogens (tertiary/aromatic N) is 1. The summed E-state index contributed by atoms with van der Waals surface area (Å²) in [5.41, 5.74) is 6.57. The summed E-state index contributed by atoms with van der Waals surface area (Å²) < 4.78 is 6.13. The Labute approximate surface area is 152 Å². The van der Waals surface area contributed by atoms with Crippen molar-refractivity contribution in [3.8, 4) is 0 Å². The molecule has 0 unspecified atom stereocenters. The molecule has 2 aliphatic rings. The lowest BCUT2D eigenvalue weighted by molar-refractivity contribution is 0.207. The van der Waals surface area contributed by atoms with Gasteiger partial charge in [-0.15, -0.1) is 0 Å². The highest BCUT2D eigenvalue weighted by molar-refractivity contribution is 5.74. The number of fused-ring (bicyclic) bond motifs is 2. The van der Waals surface area contributed by atoms with E-state index in [-0.39, 0.29) is 0 Å². The van der Waals surface area contributed by atoms with Gasteiger partial charge < -0.3 is 15.0 Å². The van der Waals surface area contributed by atoms with Gasteiger partial charge in [-0.3, -0.25) is 0 Å². The molecule has 1 aromatic rings. The number of nitrogens with one attached hydrogen (secondary N) is 1. The molecule has 0 fully saturated rings. The van der Waals surface area contributed by atoms with E-state index in [4.69, 9.17) is 4.74 Å². The van der Waals surface area contributed by atoms with Crippen molar-refractivity contribution in [1.82, 2.24) is 10.2 Å². The molecule has 0 radical (unpaired) electrons. The molecule has 1 aliphatic heterocycles. The first-order chi connectivity index (χ1) is 12.3. The van der Waals surface area contributed by atoms with Gasteiger partial charge in [0.2, 0.25) is 0 Å². The molecule has 25 heavy (non-hydrogen) atoms. The third-order valence-electron chi connectivity index (χ3n) is 5.22. The van der Waals surface area contributed by atoms with Gasteiger partial charge in [-0.2, -0.15) is 0 Å². The van der Waals surface area contributed by atoms with Crippen molar-refractivity contribution < 1.29 is 4.74 Å². The van der Waals surface area contributed by atoms with Crippen LogP contribution in [0.5, 0.6) is 0 Å². The standard InChI is InChI=1S/C22H30N2O/c1-4-17-11-12-21-20(15-17)22(23-13-14-24(5-2)6-3)19-10-8-7-9-18(19)16-25-21/h7-12,23H,4-6,13-16H2,1-3H3. The Morgan fingerprint density at radius 3 is 2.64 bits per heavy atom. The molecular formula is C22H30N2O. The largest absolute Gasteiger partial charge is 0.489 e. The molecule has 3 rings (SSSR count). The highest BCUT2D eigenvalue weighted by Crippen LogP contribution is 2.36. The van der Waals surface area contributed by atoms with Gasteiger partial charge in [-0.05, 0) is 37.6 Å². The predicted octanol–water partition coefficient (Wildman–Crippen LogP) is 4.48. The Morgan fingerprint density at radius 1 is 1.08 bits per heavy atom. The molecule has 0 atom stereocenters. The first-order valence-corrected chi connectivity index (χ1v) is 9.57. The molecular weight excluding hydrogens is 308 g/mol. The molecule has 0 saturated carbocycles. The first-order valence-electron chi connectivity index (χ1n) is 9.57. The molecule has 1 aromatic carbocycles. The zero-order chi connectivity index (χ0) is 17.6. The third kappa shape index (κ3) is 3.98. The average Bonchev–Trinajstić information content (AvgIpc) is 2.82. The maximum Gasteiger partial charge on any atom is 0.125 e. The van der Waals surface area contributed by atoms with Crippen LogP contribution in [0.4, 0.5) is 0 Å². The second kappa shape index (κ2) is 8.39. The van der Waals surface area contributed by atoms with E-state index in [2.05, 4.69) is 67.4 Å². The van der Waals surface area contributed by atoms with Crippen LogP contribution in [0, 0.1) is 0 Å². The van der Waals surface area contributed by atoms with Crippen molar-refractivity contribution in [1.29, 1.82) is 0 Å². The molecule has 0 bridgehead atoms. The predicted molar refractivity (Wildman–Crippen MR) is 105 cm³/mol. The van der Waals surface area contributed by atoms with Crippen molar-refractivity contribution >= 4 is 5.70 Å². The Hall–Kier alpha value is -2.00. The summed E-state index contributed by atoms with van der Waals surface area (Å²) in [5.74, 6) is 1.03. The molecule has 0 aromatic heterocycles. The second-order valence-corrected chi connectivity index (χ2v) is 6.64. The minimum absolute atomic E-state index is 0.641. The maximum absolute atomic E-state index is 6.13. The second-order valence-electron chi connectivity index (χ2n) is 6.64. The van der Waals surface area contributed by atoms with E-state index >= 15 is 0 Å². The molecule has 3 heteroatoms. The average molecular weight is 338 g/mol. The van der Waals surface area contributed by atoms with Crippen molar-refractivity contribution in [2.45, 2.75) is 40.2 Å². The van der Waals surface area contributed by atoms with Crippen LogP contribution in [-0.4, -0.2) is 31.1 Å². The number of allylic oxidation sites excluding steroid dienone is 4. The lowest BCUT2D eigenvalue weighted by Crippen LogP contribution is -2.31. The number of hydrogen-bond donors (Lipinski definition) is 1. The monoisotopic (exact) mass is 338 g/mol. The Balaban J connectivity index is 1.92. The zero-order valence-corrected chi connectivity index (χ0v) is 15.8. The van der Waals surface area contributed by atoms with Crippen molar-refractivity contribution in [2.75, 3.05) is 26.2 Å². The van der Waals surface area contributed by atoms with E-state index in [1.807, 2.05) is 0 Å². The molecule has 0 saturated heterocycles. The Morgan fingerprint density at radius 2 is 1.88 bits per heavy atom. The minimum atomic E-state index is 0.641. The highest BCUT2D eigenvalue weighted by Gasteiger charge is 2.23. The maximum atomic E-state index is 6.13. The number of benzene rings is 1. The smallest absolute Gasteiger partial charge is 0.125 e. The fourth-order valence-corrected chi connectivity index (χ4v) is 3.55. The van der Waals surface area contributed by atoms with E-state index in [0.29, 0.717) is 6.61 Å². The summed E-state index contributed by atoms with van der Waals surface area (Å²) in [6.07, 6.45) is 6.43. The Bertz CT molecular complexity index is 696. The van der Waals surface area contributed by atoms with Gasteiger partial charge in [0, 0.05) is 29.9 Å². The van der Waals surface area contributed by atoms with E-state index in [9.17, 15) is 0 Å². The summed E-state index contributed by atoms with van der Waals surface area (Å²) in [7, 11) is 0. The SMILES string of the molecule is CCC1=CC=C2OCc3ccccc3C(NCCN(CC)CC)=C2C1. The number of ether oxygens (including phenoxy) is 1. The first kappa shape index (κ1) is 17.8. The fourth-order valence-electron chi connectivity index (χ4n) is 3.55. The summed E-state index contributed by atoms with van der Waals surface area (Å²) in [6, 6.07) is 8.62. The van der Waals surface area contributed by atoms with Crippen LogP contribution < -0.4 is 5.32 Å². The molecule has 134 valence electrons. The molecule has 3 nitrogen and oxygen atoms in total. The molecule has 1 N–H and O–H groups in total. The van der Waals surface area contributed by atoms with E-state index in [1.165, 1.54) is 28.0 Å². The lowest BCUT2D eigenvalue weighted by atomic mass is 9.92. The van der Waals surface area contributed by atoms with Crippen LogP contribution in [0.3, 0.4) is 0 Å². The normalized spacial score (nSPS) is 16.5. The van der Waals surface area contributed by atoms with Crippen LogP contribution >= 0.6 is 0 Å². The molecule has 0 amide bonds. The molecule has 1 heterocycles. The summed E-state index contributed by atoms with van der Waals surface area (Å²) in [4.78, 5) is 2.45. The van der Waals surface area contributed by atoms with Gasteiger partial charge in [0.05, 0.1) is 0 Å². The quantitative estimate of drug-likeness (QED) is 0.793. The van der Waals surface area contributed by atoms with Gasteiger partial charge >= 0.3 is 0 Å². The van der Waals surface area contributed by atoms with Crippen LogP contribution in [0.15, 0.2) is 53.3 Å². The van der Waals surface area contributed by atoms with Crippen LogP contribution in [0.1, 0.15) is 44.7 Å². The lowest BCUT2D eigenvalue weighted by Gasteiger charge is -2.23. The van der Waals surface area contributed by atoms with Crippen LogP contribution in [-0.2, 0) is 11.3 Å². The van der Waals surface area contributed by atoms with Gasteiger partial charge in [0.15, 0.2) is 0 Å². The summed E-state index contributed by atoms with van der Waals surface area (Å²) in [5, 5.41) is 3.75. The van der Waals surface area contributed by atoms with Crippen molar-refractivity contribution in [2.24, 2.45) is 0 Å². The number of likely N-dealkylation sites (N-methyl/N-ethyl adjacent to an activating group) is 1. The van der Waals surface area contributed by atoms with Gasteiger partial charge in [-0.25, -0.2) is 0 Å². The van der Waals surface area contributed by atoms with Crippen LogP contribution in [0.2, 0.25) is 0 Å². The van der Waals surface area contributed by atoms with E-state index in [0.717, 1.165) is 44.8 Å². The van der Waals surface area contributed by atoms with Gasteiger partial charge in [0.25, 0.3) is 0 Å². The minimum Gasteiger partial charge on any atom is -0.489 e. The topological polar surface area (TPSA) is 24.5 Å². The highest BCUT2D eigenvalue weighted by atomic mass is 16.5. The van der Waals surface area contributed by atoms with Crippen molar-refractivity contribution in [3.63, 3.8) is 0 Å². The Kier molecular flexibility index (Phi) is 5.98. The summed E-state index contributed by atoms with van der Waals surface area (Å²) in [6.45, 7) is 11.5. The molecule has 1 aliphatic carbocycles. The third-order valence-corrected chi connectivity index (χ3v) is 5.22. The molecule has 0 spiro atoms. The number of hydrogen-bond acceptors (Lipinski definition) is 3. The van der Waals surface area contributed by atoms with Crippen molar-refractivity contribution in [3.05, 3.63) is 64.4 Å². The number of rotatable bonds is 7. The fraction of sp³-hybridized carbons (Fsp3) is 0.455. The van der Waals surface area contributed by atoms with Gasteiger partial charge in [0.1, 0.15) is 12.4 Å². The van der Waals surface area contributed by atoms with Gasteiger partial charge in [-0.1, -0.05) is 56.7 Å². The zero-order valence-electron chi connectivity index (χ0n) is 15.8. The van der Waals surface area contributed by atoms with E-state index in [1.54, 1.807) is 0 Å². The van der Waals surface area contributed by atoms with Crippen LogP contribution in [0.25, 0.3) is 5.70 Å². The van der Waals surface area contributed by atoms with E-state index < -0.39 is 0 Å². The summed E-state index contributed by atoms with van der Waals surface area (Å²) >= 11 is 0.